The van der Waals surface area contributed by atoms with Crippen molar-refractivity contribution in [2.45, 2.75) is 13.0 Å². The number of nitrogens with zero attached hydrogens (tertiary/aromatic N) is 3. The van der Waals surface area contributed by atoms with Crippen molar-refractivity contribution in [3.8, 4) is 22.4 Å². The molecule has 0 aliphatic heterocycles. The average molecular weight is 439 g/mol. The fraction of sp³-hybridized carbons (Fsp3) is 0.120. The SMILES string of the molecule is NCCCn1cc(-c2nc3ccc(-c4ccccc4)cc3[nH]c2=O)c2ccc([N+](=O)[O-])cc21. The first-order chi connectivity index (χ1) is 16.0. The summed E-state index contributed by atoms with van der Waals surface area (Å²) in [4.78, 5) is 31.6. The fourth-order valence-electron chi connectivity index (χ4n) is 4.11. The number of H-pyrrole nitrogens is 1. The van der Waals surface area contributed by atoms with Gasteiger partial charge in [-0.1, -0.05) is 36.4 Å². The van der Waals surface area contributed by atoms with E-state index < -0.39 is 4.92 Å². The minimum absolute atomic E-state index is 0.00466. The number of nitro benzene ring substituents is 1. The Morgan fingerprint density at radius 1 is 1.03 bits per heavy atom. The van der Waals surface area contributed by atoms with Gasteiger partial charge in [-0.15, -0.1) is 0 Å². The quantitative estimate of drug-likeness (QED) is 0.299. The van der Waals surface area contributed by atoms with Gasteiger partial charge in [0.15, 0.2) is 0 Å². The van der Waals surface area contributed by atoms with Gasteiger partial charge < -0.3 is 15.3 Å². The number of rotatable bonds is 6. The lowest BCUT2D eigenvalue weighted by molar-refractivity contribution is -0.384. The highest BCUT2D eigenvalue weighted by Gasteiger charge is 2.18. The van der Waals surface area contributed by atoms with Gasteiger partial charge in [0.25, 0.3) is 11.2 Å². The molecule has 164 valence electrons. The number of nitrogens with two attached hydrogens (primary N) is 1. The van der Waals surface area contributed by atoms with Crippen LogP contribution in [0.15, 0.2) is 77.7 Å². The number of aryl methyl sites for hydroxylation is 1. The molecule has 2 aromatic heterocycles. The Morgan fingerprint density at radius 2 is 1.85 bits per heavy atom. The highest BCUT2D eigenvalue weighted by Crippen LogP contribution is 2.32. The van der Waals surface area contributed by atoms with Gasteiger partial charge in [0.1, 0.15) is 5.69 Å². The van der Waals surface area contributed by atoms with Crippen LogP contribution in [-0.2, 0) is 6.54 Å². The zero-order valence-electron chi connectivity index (χ0n) is 17.7. The van der Waals surface area contributed by atoms with E-state index in [1.54, 1.807) is 6.07 Å². The van der Waals surface area contributed by atoms with Crippen molar-refractivity contribution in [1.82, 2.24) is 14.5 Å². The van der Waals surface area contributed by atoms with E-state index in [-0.39, 0.29) is 16.9 Å². The summed E-state index contributed by atoms with van der Waals surface area (Å²) in [7, 11) is 0. The zero-order valence-corrected chi connectivity index (χ0v) is 17.7. The minimum Gasteiger partial charge on any atom is -0.347 e. The van der Waals surface area contributed by atoms with Crippen LogP contribution in [0.2, 0.25) is 0 Å². The minimum atomic E-state index is -0.426. The van der Waals surface area contributed by atoms with E-state index in [0.29, 0.717) is 41.6 Å². The van der Waals surface area contributed by atoms with Gasteiger partial charge in [-0.3, -0.25) is 14.9 Å². The molecule has 0 atom stereocenters. The summed E-state index contributed by atoms with van der Waals surface area (Å²) < 4.78 is 1.90. The van der Waals surface area contributed by atoms with E-state index in [0.717, 1.165) is 16.5 Å². The zero-order chi connectivity index (χ0) is 22.9. The Bertz CT molecular complexity index is 1550. The van der Waals surface area contributed by atoms with Gasteiger partial charge in [0.05, 0.1) is 21.5 Å². The van der Waals surface area contributed by atoms with Crippen molar-refractivity contribution < 1.29 is 4.92 Å². The Balaban J connectivity index is 1.66. The summed E-state index contributed by atoms with van der Waals surface area (Å²) in [6.45, 7) is 1.07. The van der Waals surface area contributed by atoms with Gasteiger partial charge in [-0.2, -0.15) is 0 Å². The molecule has 2 heterocycles. The Labute approximate surface area is 188 Å². The molecule has 0 saturated heterocycles. The second-order valence-electron chi connectivity index (χ2n) is 7.85. The molecule has 0 saturated carbocycles. The number of nitro groups is 1. The standard InChI is InChI=1S/C25H21N5O3/c26-11-4-12-29-15-20(19-9-8-18(30(32)33)14-23(19)29)24-25(31)28-22-13-17(7-10-21(22)27-24)16-5-2-1-3-6-16/h1-3,5-10,13-15H,4,11-12,26H2,(H,28,31). The number of fused-ring (bicyclic) bond motifs is 2. The third-order valence-corrected chi connectivity index (χ3v) is 5.73. The molecule has 0 amide bonds. The van der Waals surface area contributed by atoms with Crippen molar-refractivity contribution in [2.24, 2.45) is 5.73 Å². The van der Waals surface area contributed by atoms with Crippen LogP contribution in [0.5, 0.6) is 0 Å². The molecule has 8 nitrogen and oxygen atoms in total. The van der Waals surface area contributed by atoms with Gasteiger partial charge in [-0.25, -0.2) is 4.98 Å². The summed E-state index contributed by atoms with van der Waals surface area (Å²) >= 11 is 0. The highest BCUT2D eigenvalue weighted by molar-refractivity contribution is 5.97. The van der Waals surface area contributed by atoms with Crippen LogP contribution in [0, 0.1) is 10.1 Å². The summed E-state index contributed by atoms with van der Waals surface area (Å²) in [5.74, 6) is 0. The maximum absolute atomic E-state index is 13.1. The normalized spacial score (nSPS) is 11.3. The molecule has 0 aliphatic carbocycles. The number of aromatic nitrogens is 3. The molecule has 0 aliphatic rings. The van der Waals surface area contributed by atoms with E-state index in [4.69, 9.17) is 5.73 Å². The topological polar surface area (TPSA) is 120 Å². The number of hydrogen-bond donors (Lipinski definition) is 2. The fourth-order valence-corrected chi connectivity index (χ4v) is 4.11. The number of aromatic amines is 1. The lowest BCUT2D eigenvalue weighted by atomic mass is 10.0. The van der Waals surface area contributed by atoms with E-state index in [2.05, 4.69) is 9.97 Å². The van der Waals surface area contributed by atoms with E-state index in [1.807, 2.05) is 59.3 Å². The summed E-state index contributed by atoms with van der Waals surface area (Å²) in [5, 5.41) is 12.0. The van der Waals surface area contributed by atoms with Gasteiger partial charge in [0.2, 0.25) is 0 Å². The number of benzene rings is 3. The van der Waals surface area contributed by atoms with Crippen molar-refractivity contribution >= 4 is 27.6 Å². The number of non-ortho nitro benzene ring substituents is 1. The Kier molecular flexibility index (Phi) is 5.20. The summed E-state index contributed by atoms with van der Waals surface area (Å²) in [5.41, 5.74) is 10.3. The van der Waals surface area contributed by atoms with Crippen molar-refractivity contribution in [3.63, 3.8) is 0 Å². The molecule has 5 rings (SSSR count). The monoisotopic (exact) mass is 439 g/mol. The van der Waals surface area contributed by atoms with Crippen molar-refractivity contribution in [3.05, 3.63) is 93.4 Å². The predicted molar refractivity (Wildman–Crippen MR) is 129 cm³/mol. The largest absolute Gasteiger partial charge is 0.347 e. The second kappa shape index (κ2) is 8.33. The first-order valence-corrected chi connectivity index (χ1v) is 10.6. The van der Waals surface area contributed by atoms with E-state index in [9.17, 15) is 14.9 Å². The van der Waals surface area contributed by atoms with Crippen molar-refractivity contribution in [1.29, 1.82) is 0 Å². The lowest BCUT2D eigenvalue weighted by Gasteiger charge is -2.05. The van der Waals surface area contributed by atoms with Crippen LogP contribution >= 0.6 is 0 Å². The van der Waals surface area contributed by atoms with E-state index >= 15 is 0 Å². The third-order valence-electron chi connectivity index (χ3n) is 5.73. The molecule has 0 bridgehead atoms. The molecule has 0 unspecified atom stereocenters. The van der Waals surface area contributed by atoms with Crippen LogP contribution in [0.3, 0.4) is 0 Å². The van der Waals surface area contributed by atoms with Crippen molar-refractivity contribution in [2.75, 3.05) is 6.54 Å². The molecule has 5 aromatic rings. The molecule has 0 radical (unpaired) electrons. The summed E-state index contributed by atoms with van der Waals surface area (Å²) in [6, 6.07) is 20.3. The van der Waals surface area contributed by atoms with Crippen LogP contribution < -0.4 is 11.3 Å². The maximum atomic E-state index is 13.1. The van der Waals surface area contributed by atoms with Gasteiger partial charge >= 0.3 is 0 Å². The molecule has 0 spiro atoms. The third kappa shape index (κ3) is 3.77. The predicted octanol–water partition coefficient (Wildman–Crippen LogP) is 4.47. The van der Waals surface area contributed by atoms with E-state index in [1.165, 1.54) is 12.1 Å². The molecule has 3 aromatic carbocycles. The maximum Gasteiger partial charge on any atom is 0.275 e. The van der Waals surface area contributed by atoms with Crippen LogP contribution in [0.1, 0.15) is 6.42 Å². The molecule has 8 heteroatoms. The first kappa shape index (κ1) is 20.6. The average Bonchev–Trinajstić information content (AvgIpc) is 3.20. The molecular weight excluding hydrogens is 418 g/mol. The second-order valence-corrected chi connectivity index (χ2v) is 7.85. The molecule has 0 fully saturated rings. The molecule has 33 heavy (non-hydrogen) atoms. The summed E-state index contributed by atoms with van der Waals surface area (Å²) in [6.07, 6.45) is 2.53. The van der Waals surface area contributed by atoms with Gasteiger partial charge in [0, 0.05) is 35.8 Å². The number of nitrogens with one attached hydrogen (secondary N) is 1. The molecular formula is C25H21N5O3. The van der Waals surface area contributed by atoms with Gasteiger partial charge in [-0.05, 0) is 42.3 Å². The van der Waals surface area contributed by atoms with Crippen LogP contribution in [-0.4, -0.2) is 26.0 Å². The first-order valence-electron chi connectivity index (χ1n) is 10.6. The van der Waals surface area contributed by atoms with Crippen LogP contribution in [0.25, 0.3) is 44.3 Å². The van der Waals surface area contributed by atoms with Crippen LogP contribution in [0.4, 0.5) is 5.69 Å². The highest BCUT2D eigenvalue weighted by atomic mass is 16.6. The Hall–Kier alpha value is -4.30. The smallest absolute Gasteiger partial charge is 0.275 e. The number of hydrogen-bond acceptors (Lipinski definition) is 5. The lowest BCUT2D eigenvalue weighted by Crippen LogP contribution is -2.11. The Morgan fingerprint density at radius 3 is 2.61 bits per heavy atom. The molecule has 3 N–H and O–H groups in total.